The second-order valence-electron chi connectivity index (χ2n) is 5.32. The summed E-state index contributed by atoms with van der Waals surface area (Å²) in [5, 5.41) is 0.648. The summed E-state index contributed by atoms with van der Waals surface area (Å²) < 4.78 is 19.7. The molecule has 0 bridgehead atoms. The van der Waals surface area contributed by atoms with Crippen LogP contribution in [0.2, 0.25) is 10.0 Å². The Hall–Kier alpha value is -1.78. The summed E-state index contributed by atoms with van der Waals surface area (Å²) >= 11 is 12.0. The van der Waals surface area contributed by atoms with E-state index in [1.807, 2.05) is 0 Å². The van der Waals surface area contributed by atoms with E-state index in [2.05, 4.69) is 0 Å². The lowest BCUT2D eigenvalue weighted by molar-refractivity contribution is 0.0792. The number of ether oxygens (including phenoxy) is 1. The van der Waals surface area contributed by atoms with Crippen LogP contribution >= 0.6 is 23.2 Å². The Morgan fingerprint density at radius 1 is 1.13 bits per heavy atom. The van der Waals surface area contributed by atoms with Crippen molar-refractivity contribution in [3.8, 4) is 11.5 Å². The minimum Gasteiger partial charge on any atom is -0.454 e. The van der Waals surface area contributed by atoms with Gasteiger partial charge in [-0.2, -0.15) is 0 Å². The largest absolute Gasteiger partial charge is 0.454 e. The van der Waals surface area contributed by atoms with Crippen LogP contribution in [0.1, 0.15) is 23.2 Å². The number of carbonyl (C=O) groups is 1. The smallest absolute Gasteiger partial charge is 0.255 e. The Bertz CT molecular complexity index is 745. The predicted octanol–water partition coefficient (Wildman–Crippen LogP) is 5.16. The number of carbonyl (C=O) groups excluding carboxylic acids is 1. The third kappa shape index (κ3) is 3.59. The first kappa shape index (κ1) is 16.1. The predicted molar refractivity (Wildman–Crippen MR) is 88.1 cm³/mol. The highest BCUT2D eigenvalue weighted by Gasteiger charge is 2.23. The van der Waals surface area contributed by atoms with E-state index in [0.29, 0.717) is 23.9 Å². The molecule has 2 aromatic rings. The lowest BCUT2D eigenvalue weighted by Crippen LogP contribution is -2.27. The lowest BCUT2D eigenvalue weighted by Gasteiger charge is -2.17. The van der Waals surface area contributed by atoms with E-state index in [0.717, 1.165) is 18.9 Å². The van der Waals surface area contributed by atoms with Gasteiger partial charge in [-0.15, -0.1) is 0 Å². The molecule has 0 saturated carbocycles. The van der Waals surface area contributed by atoms with E-state index >= 15 is 0 Å². The zero-order chi connectivity index (χ0) is 16.4. The van der Waals surface area contributed by atoms with Crippen molar-refractivity contribution in [1.82, 2.24) is 4.90 Å². The highest BCUT2D eigenvalue weighted by atomic mass is 35.5. The van der Waals surface area contributed by atoms with Gasteiger partial charge in [0.05, 0.1) is 10.6 Å². The monoisotopic (exact) mass is 353 g/mol. The molecule has 120 valence electrons. The number of nitrogens with zero attached hydrogens (tertiary/aromatic N) is 1. The molecule has 1 amide bonds. The Morgan fingerprint density at radius 2 is 1.87 bits per heavy atom. The fourth-order valence-corrected chi connectivity index (χ4v) is 2.93. The number of amides is 1. The molecule has 0 radical (unpaired) electrons. The first-order valence-corrected chi connectivity index (χ1v) is 8.02. The number of likely N-dealkylation sites (tertiary alicyclic amines) is 1. The fourth-order valence-electron chi connectivity index (χ4n) is 2.52. The molecule has 1 aliphatic rings. The zero-order valence-electron chi connectivity index (χ0n) is 12.2. The topological polar surface area (TPSA) is 29.5 Å². The molecule has 0 atom stereocenters. The van der Waals surface area contributed by atoms with E-state index in [-0.39, 0.29) is 22.2 Å². The van der Waals surface area contributed by atoms with Crippen LogP contribution < -0.4 is 4.74 Å². The average molecular weight is 354 g/mol. The summed E-state index contributed by atoms with van der Waals surface area (Å²) in [7, 11) is 0. The van der Waals surface area contributed by atoms with Crippen molar-refractivity contribution in [3.63, 3.8) is 0 Å². The number of hydrogen-bond donors (Lipinski definition) is 0. The molecule has 0 aliphatic carbocycles. The molecule has 6 heteroatoms. The Balaban J connectivity index is 1.86. The van der Waals surface area contributed by atoms with Gasteiger partial charge in [0.15, 0.2) is 11.6 Å². The van der Waals surface area contributed by atoms with Crippen molar-refractivity contribution in [2.24, 2.45) is 0 Å². The normalized spacial score (nSPS) is 14.1. The third-order valence-electron chi connectivity index (χ3n) is 3.67. The van der Waals surface area contributed by atoms with Crippen molar-refractivity contribution in [2.75, 3.05) is 13.1 Å². The van der Waals surface area contributed by atoms with Gasteiger partial charge in [-0.25, -0.2) is 4.39 Å². The molecule has 23 heavy (non-hydrogen) atoms. The summed E-state index contributed by atoms with van der Waals surface area (Å²) in [5.74, 6) is -0.543. The van der Waals surface area contributed by atoms with Crippen LogP contribution in [0.15, 0.2) is 36.4 Å². The Morgan fingerprint density at radius 3 is 2.57 bits per heavy atom. The zero-order valence-corrected chi connectivity index (χ0v) is 13.7. The van der Waals surface area contributed by atoms with Gasteiger partial charge in [-0.1, -0.05) is 29.3 Å². The quantitative estimate of drug-likeness (QED) is 0.762. The first-order chi connectivity index (χ1) is 11.0. The molecule has 1 heterocycles. The third-order valence-corrected chi connectivity index (χ3v) is 4.22. The second-order valence-corrected chi connectivity index (χ2v) is 6.16. The van der Waals surface area contributed by atoms with Gasteiger partial charge in [0.1, 0.15) is 5.75 Å². The number of rotatable bonds is 3. The van der Waals surface area contributed by atoms with E-state index < -0.39 is 5.82 Å². The van der Waals surface area contributed by atoms with Gasteiger partial charge < -0.3 is 9.64 Å². The maximum absolute atomic E-state index is 14.3. The van der Waals surface area contributed by atoms with Gasteiger partial charge in [0, 0.05) is 24.2 Å². The summed E-state index contributed by atoms with van der Waals surface area (Å²) in [4.78, 5) is 14.0. The lowest BCUT2D eigenvalue weighted by atomic mass is 10.2. The molecule has 0 spiro atoms. The molecule has 1 saturated heterocycles. The van der Waals surface area contributed by atoms with E-state index in [1.54, 1.807) is 29.2 Å². The van der Waals surface area contributed by atoms with Gasteiger partial charge in [-0.3, -0.25) is 4.79 Å². The molecule has 0 N–H and O–H groups in total. The van der Waals surface area contributed by atoms with Crippen molar-refractivity contribution in [3.05, 3.63) is 57.8 Å². The van der Waals surface area contributed by atoms with Crippen LogP contribution in [0.4, 0.5) is 4.39 Å². The minimum atomic E-state index is -0.642. The van der Waals surface area contributed by atoms with Crippen LogP contribution in [0.3, 0.4) is 0 Å². The summed E-state index contributed by atoms with van der Waals surface area (Å²) in [5.41, 5.74) is 0.157. The summed E-state index contributed by atoms with van der Waals surface area (Å²) in [6.45, 7) is 1.36. The maximum atomic E-state index is 14.3. The number of halogens is 3. The Labute approximate surface area is 143 Å². The molecule has 0 aromatic heterocycles. The van der Waals surface area contributed by atoms with Gasteiger partial charge in [-0.05, 0) is 37.1 Å². The maximum Gasteiger partial charge on any atom is 0.255 e. The highest BCUT2D eigenvalue weighted by Crippen LogP contribution is 2.32. The molecule has 1 aliphatic heterocycles. The van der Waals surface area contributed by atoms with Gasteiger partial charge >= 0.3 is 0 Å². The second kappa shape index (κ2) is 6.77. The molecular weight excluding hydrogens is 340 g/mol. The van der Waals surface area contributed by atoms with Crippen LogP contribution in [-0.2, 0) is 0 Å². The number of benzene rings is 2. The summed E-state index contributed by atoms with van der Waals surface area (Å²) in [6.07, 6.45) is 1.92. The van der Waals surface area contributed by atoms with Crippen molar-refractivity contribution in [1.29, 1.82) is 0 Å². The molecule has 0 unspecified atom stereocenters. The molecule has 1 fully saturated rings. The molecule has 2 aromatic carbocycles. The standard InChI is InChI=1S/C17H14Cl2FNO2/c18-11-4-3-5-12(8-11)23-16-10-14(19)13(9-15(16)20)17(22)21-6-1-2-7-21/h3-5,8-10H,1-2,6-7H2. The highest BCUT2D eigenvalue weighted by molar-refractivity contribution is 6.34. The fraction of sp³-hybridized carbons (Fsp3) is 0.235. The van der Waals surface area contributed by atoms with Crippen LogP contribution in [-0.4, -0.2) is 23.9 Å². The molecule has 3 nitrogen and oxygen atoms in total. The van der Waals surface area contributed by atoms with Crippen LogP contribution in [0, 0.1) is 5.82 Å². The van der Waals surface area contributed by atoms with Crippen LogP contribution in [0.5, 0.6) is 11.5 Å². The molecule has 3 rings (SSSR count). The van der Waals surface area contributed by atoms with E-state index in [9.17, 15) is 9.18 Å². The average Bonchev–Trinajstić information content (AvgIpc) is 3.04. The Kier molecular flexibility index (Phi) is 4.74. The SMILES string of the molecule is O=C(c1cc(F)c(Oc2cccc(Cl)c2)cc1Cl)N1CCCC1. The summed E-state index contributed by atoms with van der Waals surface area (Å²) in [6, 6.07) is 9.06. The van der Waals surface area contributed by atoms with Crippen molar-refractivity contribution < 1.29 is 13.9 Å². The van der Waals surface area contributed by atoms with Gasteiger partial charge in [0.2, 0.25) is 0 Å². The van der Waals surface area contributed by atoms with E-state index in [1.165, 1.54) is 6.07 Å². The van der Waals surface area contributed by atoms with Crippen molar-refractivity contribution in [2.45, 2.75) is 12.8 Å². The first-order valence-electron chi connectivity index (χ1n) is 7.26. The van der Waals surface area contributed by atoms with Crippen molar-refractivity contribution >= 4 is 29.1 Å². The number of hydrogen-bond acceptors (Lipinski definition) is 2. The van der Waals surface area contributed by atoms with Crippen LogP contribution in [0.25, 0.3) is 0 Å². The van der Waals surface area contributed by atoms with E-state index in [4.69, 9.17) is 27.9 Å². The molecular formula is C17H14Cl2FNO2. The minimum absolute atomic E-state index is 0.0461. The van der Waals surface area contributed by atoms with Gasteiger partial charge in [0.25, 0.3) is 5.91 Å².